The lowest BCUT2D eigenvalue weighted by Gasteiger charge is -2.31. The van der Waals surface area contributed by atoms with Gasteiger partial charge >= 0.3 is 0 Å². The van der Waals surface area contributed by atoms with Gasteiger partial charge in [0.1, 0.15) is 6.04 Å². The van der Waals surface area contributed by atoms with Crippen LogP contribution in [0.2, 0.25) is 0 Å². The fourth-order valence-electron chi connectivity index (χ4n) is 2.19. The first-order valence-corrected chi connectivity index (χ1v) is 7.20. The number of rotatable bonds is 6. The first kappa shape index (κ1) is 16.0. The maximum atomic E-state index is 12.4. The van der Waals surface area contributed by atoms with Crippen molar-refractivity contribution >= 4 is 11.8 Å². The minimum Gasteiger partial charge on any atom is -0.378 e. The Morgan fingerprint density at radius 1 is 1.26 bits per heavy atom. The molecule has 1 atom stereocenters. The number of hydrogen-bond acceptors (Lipinski definition) is 3. The van der Waals surface area contributed by atoms with Crippen LogP contribution < -0.4 is 5.32 Å². The standard InChI is InChI=1S/C14H26N2O3/c1-4-5-13(17)15-12(10-11(2)3)14(18)16-6-8-19-9-7-16/h11-12H,4-10H2,1-3H3,(H,15,17)/t12-/m0/s1. The van der Waals surface area contributed by atoms with Crippen LogP contribution in [0.5, 0.6) is 0 Å². The van der Waals surface area contributed by atoms with E-state index in [1.54, 1.807) is 4.90 Å². The van der Waals surface area contributed by atoms with E-state index in [9.17, 15) is 9.59 Å². The molecule has 1 rings (SSSR count). The van der Waals surface area contributed by atoms with Gasteiger partial charge < -0.3 is 15.0 Å². The first-order chi connectivity index (χ1) is 9.04. The lowest BCUT2D eigenvalue weighted by Crippen LogP contribution is -2.52. The van der Waals surface area contributed by atoms with E-state index in [2.05, 4.69) is 19.2 Å². The zero-order valence-corrected chi connectivity index (χ0v) is 12.3. The first-order valence-electron chi connectivity index (χ1n) is 7.20. The Kier molecular flexibility index (Phi) is 6.84. The molecule has 0 radical (unpaired) electrons. The fourth-order valence-corrected chi connectivity index (χ4v) is 2.19. The number of nitrogens with zero attached hydrogens (tertiary/aromatic N) is 1. The van der Waals surface area contributed by atoms with Gasteiger partial charge in [0.2, 0.25) is 11.8 Å². The Balaban J connectivity index is 2.60. The van der Waals surface area contributed by atoms with E-state index >= 15 is 0 Å². The van der Waals surface area contributed by atoms with Gasteiger partial charge in [-0.2, -0.15) is 0 Å². The van der Waals surface area contributed by atoms with Crippen LogP contribution >= 0.6 is 0 Å². The molecule has 2 amide bonds. The summed E-state index contributed by atoms with van der Waals surface area (Å²) in [6, 6.07) is -0.392. The highest BCUT2D eigenvalue weighted by atomic mass is 16.5. The quantitative estimate of drug-likeness (QED) is 0.788. The third-order valence-corrected chi connectivity index (χ3v) is 3.14. The van der Waals surface area contributed by atoms with Crippen molar-refractivity contribution in [2.75, 3.05) is 26.3 Å². The molecule has 0 saturated carbocycles. The second-order valence-corrected chi connectivity index (χ2v) is 5.44. The van der Waals surface area contributed by atoms with E-state index in [1.165, 1.54) is 0 Å². The topological polar surface area (TPSA) is 58.6 Å². The molecule has 0 aromatic rings. The minimum absolute atomic E-state index is 0.0291. The zero-order chi connectivity index (χ0) is 14.3. The average Bonchev–Trinajstić information content (AvgIpc) is 2.38. The molecule has 110 valence electrons. The van der Waals surface area contributed by atoms with Crippen molar-refractivity contribution in [1.29, 1.82) is 0 Å². The Hall–Kier alpha value is -1.10. The maximum Gasteiger partial charge on any atom is 0.245 e. The van der Waals surface area contributed by atoms with Gasteiger partial charge in [-0.05, 0) is 18.8 Å². The van der Waals surface area contributed by atoms with Crippen molar-refractivity contribution in [1.82, 2.24) is 10.2 Å². The van der Waals surface area contributed by atoms with Gasteiger partial charge in [0, 0.05) is 19.5 Å². The van der Waals surface area contributed by atoms with Gasteiger partial charge in [-0.15, -0.1) is 0 Å². The molecule has 5 nitrogen and oxygen atoms in total. The summed E-state index contributed by atoms with van der Waals surface area (Å²) in [4.78, 5) is 25.9. The van der Waals surface area contributed by atoms with Crippen LogP contribution in [-0.2, 0) is 14.3 Å². The summed E-state index contributed by atoms with van der Waals surface area (Å²) < 4.78 is 5.25. The summed E-state index contributed by atoms with van der Waals surface area (Å²) in [7, 11) is 0. The van der Waals surface area contributed by atoms with Crippen LogP contribution in [0.15, 0.2) is 0 Å². The molecular formula is C14H26N2O3. The predicted molar refractivity (Wildman–Crippen MR) is 73.7 cm³/mol. The van der Waals surface area contributed by atoms with Crippen molar-refractivity contribution in [2.24, 2.45) is 5.92 Å². The van der Waals surface area contributed by atoms with Crippen molar-refractivity contribution < 1.29 is 14.3 Å². The molecule has 1 fully saturated rings. The number of hydrogen-bond donors (Lipinski definition) is 1. The molecule has 0 bridgehead atoms. The second-order valence-electron chi connectivity index (χ2n) is 5.44. The van der Waals surface area contributed by atoms with E-state index in [0.717, 1.165) is 6.42 Å². The van der Waals surface area contributed by atoms with Gasteiger partial charge in [-0.25, -0.2) is 0 Å². The Morgan fingerprint density at radius 2 is 1.89 bits per heavy atom. The predicted octanol–water partition coefficient (Wildman–Crippen LogP) is 1.18. The van der Waals surface area contributed by atoms with Crippen molar-refractivity contribution in [3.05, 3.63) is 0 Å². The van der Waals surface area contributed by atoms with Gasteiger partial charge in [-0.1, -0.05) is 20.8 Å². The molecule has 5 heteroatoms. The molecule has 1 N–H and O–H groups in total. The molecule has 1 heterocycles. The fraction of sp³-hybridized carbons (Fsp3) is 0.857. The number of carbonyl (C=O) groups excluding carboxylic acids is 2. The van der Waals surface area contributed by atoms with Gasteiger partial charge in [0.25, 0.3) is 0 Å². The Morgan fingerprint density at radius 3 is 2.42 bits per heavy atom. The van der Waals surface area contributed by atoms with Crippen LogP contribution in [0.1, 0.15) is 40.0 Å². The van der Waals surface area contributed by atoms with E-state index in [1.807, 2.05) is 6.92 Å². The van der Waals surface area contributed by atoms with Crippen LogP contribution in [0.3, 0.4) is 0 Å². The molecule has 1 saturated heterocycles. The lowest BCUT2D eigenvalue weighted by atomic mass is 10.0. The highest BCUT2D eigenvalue weighted by Gasteiger charge is 2.27. The highest BCUT2D eigenvalue weighted by Crippen LogP contribution is 2.10. The maximum absolute atomic E-state index is 12.4. The zero-order valence-electron chi connectivity index (χ0n) is 12.3. The van der Waals surface area contributed by atoms with Gasteiger partial charge in [0.05, 0.1) is 13.2 Å². The molecular weight excluding hydrogens is 244 g/mol. The second kappa shape index (κ2) is 8.15. The number of nitrogens with one attached hydrogen (secondary N) is 1. The number of ether oxygens (including phenoxy) is 1. The number of morpholine rings is 1. The van der Waals surface area contributed by atoms with E-state index < -0.39 is 6.04 Å². The SMILES string of the molecule is CCCC(=O)N[C@@H](CC(C)C)C(=O)N1CCOCC1. The van der Waals surface area contributed by atoms with Gasteiger partial charge in [-0.3, -0.25) is 9.59 Å². The summed E-state index contributed by atoms with van der Waals surface area (Å²) in [5, 5.41) is 2.88. The van der Waals surface area contributed by atoms with E-state index in [-0.39, 0.29) is 11.8 Å². The molecule has 0 unspecified atom stereocenters. The molecule has 0 aromatic heterocycles. The highest BCUT2D eigenvalue weighted by molar-refractivity contribution is 5.87. The molecule has 19 heavy (non-hydrogen) atoms. The minimum atomic E-state index is -0.392. The van der Waals surface area contributed by atoms with Crippen molar-refractivity contribution in [3.8, 4) is 0 Å². The molecule has 0 aliphatic carbocycles. The van der Waals surface area contributed by atoms with Crippen molar-refractivity contribution in [2.45, 2.75) is 46.1 Å². The Labute approximate surface area is 115 Å². The monoisotopic (exact) mass is 270 g/mol. The largest absolute Gasteiger partial charge is 0.378 e. The summed E-state index contributed by atoms with van der Waals surface area (Å²) in [6.45, 7) is 8.50. The van der Waals surface area contributed by atoms with Crippen molar-refractivity contribution in [3.63, 3.8) is 0 Å². The van der Waals surface area contributed by atoms with Gasteiger partial charge in [0.15, 0.2) is 0 Å². The molecule has 1 aliphatic heterocycles. The van der Waals surface area contributed by atoms with Crippen LogP contribution in [-0.4, -0.2) is 49.1 Å². The summed E-state index contributed by atoms with van der Waals surface area (Å²) in [5.74, 6) is 0.369. The third-order valence-electron chi connectivity index (χ3n) is 3.14. The Bertz CT molecular complexity index is 299. The average molecular weight is 270 g/mol. The summed E-state index contributed by atoms with van der Waals surface area (Å²) in [5.41, 5.74) is 0. The van der Waals surface area contributed by atoms with E-state index in [0.29, 0.717) is 45.1 Å². The van der Waals surface area contributed by atoms with E-state index in [4.69, 9.17) is 4.74 Å². The smallest absolute Gasteiger partial charge is 0.245 e. The third kappa shape index (κ3) is 5.59. The summed E-state index contributed by atoms with van der Waals surface area (Å²) >= 11 is 0. The van der Waals surface area contributed by atoms with Crippen LogP contribution in [0.25, 0.3) is 0 Å². The number of carbonyl (C=O) groups is 2. The molecule has 0 spiro atoms. The normalized spacial score (nSPS) is 17.4. The number of amides is 2. The molecule has 1 aliphatic rings. The summed E-state index contributed by atoms with van der Waals surface area (Å²) in [6.07, 6.45) is 1.96. The van der Waals surface area contributed by atoms with Crippen LogP contribution in [0, 0.1) is 5.92 Å². The molecule has 0 aromatic carbocycles. The lowest BCUT2D eigenvalue weighted by molar-refractivity contribution is -0.140. The van der Waals surface area contributed by atoms with Crippen LogP contribution in [0.4, 0.5) is 0 Å².